The summed E-state index contributed by atoms with van der Waals surface area (Å²) in [4.78, 5) is 9.29. The first-order valence-electron chi connectivity index (χ1n) is 6.98. The van der Waals surface area contributed by atoms with Crippen LogP contribution in [-0.2, 0) is 11.8 Å². The Kier molecular flexibility index (Phi) is 4.54. The van der Waals surface area contributed by atoms with Gasteiger partial charge < -0.3 is 10.1 Å². The first-order valence-corrected chi connectivity index (χ1v) is 6.98. The van der Waals surface area contributed by atoms with Crippen molar-refractivity contribution in [2.24, 2.45) is 7.05 Å². The van der Waals surface area contributed by atoms with Crippen LogP contribution in [0.25, 0.3) is 11.0 Å². The van der Waals surface area contributed by atoms with Gasteiger partial charge in [0.15, 0.2) is 5.82 Å². The van der Waals surface area contributed by atoms with Gasteiger partial charge in [0.05, 0.1) is 5.69 Å². The number of fused-ring (bicyclic) bond motifs is 1. The van der Waals surface area contributed by atoms with Crippen LogP contribution >= 0.6 is 0 Å². The molecule has 0 spiro atoms. The molecule has 6 nitrogen and oxygen atoms in total. The molecule has 2 heterocycles. The summed E-state index contributed by atoms with van der Waals surface area (Å²) in [5.41, 5.74) is 2.83. The summed E-state index contributed by atoms with van der Waals surface area (Å²) in [6, 6.07) is 0. The molecule has 110 valence electrons. The van der Waals surface area contributed by atoms with Gasteiger partial charge in [0, 0.05) is 33.2 Å². The number of hydrogen-bond donors (Lipinski definition) is 1. The number of ether oxygens (including phenoxy) is 1. The lowest BCUT2D eigenvalue weighted by Crippen LogP contribution is -2.10. The molecular formula is C14H23N5O. The van der Waals surface area contributed by atoms with E-state index in [-0.39, 0.29) is 0 Å². The molecule has 0 saturated carbocycles. The Bertz CT molecular complexity index is 591. The zero-order valence-corrected chi connectivity index (χ0v) is 12.9. The highest BCUT2D eigenvalue weighted by atomic mass is 16.5. The molecule has 0 fully saturated rings. The van der Waals surface area contributed by atoms with Crippen LogP contribution in [0.5, 0.6) is 0 Å². The van der Waals surface area contributed by atoms with E-state index in [4.69, 9.17) is 4.74 Å². The third-order valence-electron chi connectivity index (χ3n) is 3.20. The molecule has 2 aromatic rings. The number of hydrogen-bond acceptors (Lipinski definition) is 5. The second-order valence-corrected chi connectivity index (χ2v) is 5.26. The summed E-state index contributed by atoms with van der Waals surface area (Å²) >= 11 is 0. The van der Waals surface area contributed by atoms with Gasteiger partial charge in [0.25, 0.3) is 0 Å². The number of aromatic nitrogens is 4. The third kappa shape index (κ3) is 2.90. The Morgan fingerprint density at radius 3 is 2.70 bits per heavy atom. The first-order chi connectivity index (χ1) is 9.54. The molecule has 0 atom stereocenters. The molecule has 0 radical (unpaired) electrons. The Labute approximate surface area is 119 Å². The predicted octanol–water partition coefficient (Wildman–Crippen LogP) is 2.24. The normalized spacial score (nSPS) is 11.5. The zero-order valence-electron chi connectivity index (χ0n) is 12.9. The highest BCUT2D eigenvalue weighted by Gasteiger charge is 2.16. The third-order valence-corrected chi connectivity index (χ3v) is 3.20. The molecule has 20 heavy (non-hydrogen) atoms. The van der Waals surface area contributed by atoms with Crippen molar-refractivity contribution in [3.63, 3.8) is 0 Å². The van der Waals surface area contributed by atoms with Crippen molar-refractivity contribution in [2.45, 2.75) is 33.1 Å². The van der Waals surface area contributed by atoms with Crippen molar-refractivity contribution in [3.05, 3.63) is 11.5 Å². The van der Waals surface area contributed by atoms with Crippen LogP contribution in [0.15, 0.2) is 0 Å². The van der Waals surface area contributed by atoms with E-state index in [1.54, 1.807) is 7.11 Å². The molecule has 0 amide bonds. The van der Waals surface area contributed by atoms with Crippen molar-refractivity contribution >= 4 is 16.9 Å². The molecular weight excluding hydrogens is 254 g/mol. The summed E-state index contributed by atoms with van der Waals surface area (Å²) in [7, 11) is 3.64. The molecule has 2 rings (SSSR count). The van der Waals surface area contributed by atoms with E-state index >= 15 is 0 Å². The van der Waals surface area contributed by atoms with E-state index in [9.17, 15) is 0 Å². The van der Waals surface area contributed by atoms with Gasteiger partial charge in [0.2, 0.25) is 0 Å². The number of methoxy groups -OCH3 is 1. The van der Waals surface area contributed by atoms with Crippen molar-refractivity contribution in [3.8, 4) is 0 Å². The second kappa shape index (κ2) is 6.17. The van der Waals surface area contributed by atoms with Crippen LogP contribution in [-0.4, -0.2) is 40.0 Å². The van der Waals surface area contributed by atoms with Crippen LogP contribution in [0.2, 0.25) is 0 Å². The lowest BCUT2D eigenvalue weighted by Gasteiger charge is -2.11. The Balaban J connectivity index is 2.39. The number of nitrogens with one attached hydrogen (secondary N) is 1. The monoisotopic (exact) mass is 277 g/mol. The standard InChI is InChI=1S/C14H23N5O/c1-9(2)13-16-11-10(3)18-19(4)12(11)14(17-13)15-7-6-8-20-5/h9H,6-8H2,1-5H3,(H,15,16,17). The maximum absolute atomic E-state index is 5.07. The SMILES string of the molecule is COCCCNc1nc(C(C)C)nc2c(C)nn(C)c12. The van der Waals surface area contributed by atoms with Gasteiger partial charge in [-0.15, -0.1) is 0 Å². The first kappa shape index (κ1) is 14.7. The van der Waals surface area contributed by atoms with E-state index in [0.29, 0.717) is 5.92 Å². The van der Waals surface area contributed by atoms with Crippen molar-refractivity contribution in [1.29, 1.82) is 0 Å². The smallest absolute Gasteiger partial charge is 0.156 e. The lowest BCUT2D eigenvalue weighted by molar-refractivity contribution is 0.198. The summed E-state index contributed by atoms with van der Waals surface area (Å²) in [6.45, 7) is 7.74. The maximum atomic E-state index is 5.07. The lowest BCUT2D eigenvalue weighted by atomic mass is 10.2. The fourth-order valence-corrected chi connectivity index (χ4v) is 2.16. The Hall–Kier alpha value is -1.69. The Morgan fingerprint density at radius 2 is 2.05 bits per heavy atom. The molecule has 2 aromatic heterocycles. The van der Waals surface area contributed by atoms with Crippen LogP contribution in [0, 0.1) is 6.92 Å². The quantitative estimate of drug-likeness (QED) is 0.820. The maximum Gasteiger partial charge on any atom is 0.156 e. The number of anilines is 1. The minimum atomic E-state index is 0.290. The average Bonchev–Trinajstić information content (AvgIpc) is 2.70. The van der Waals surface area contributed by atoms with Gasteiger partial charge in [-0.25, -0.2) is 9.97 Å². The van der Waals surface area contributed by atoms with Crippen LogP contribution in [0.4, 0.5) is 5.82 Å². The molecule has 6 heteroatoms. The van der Waals surface area contributed by atoms with Crippen molar-refractivity contribution < 1.29 is 4.74 Å². The summed E-state index contributed by atoms with van der Waals surface area (Å²) < 4.78 is 6.91. The molecule has 0 aromatic carbocycles. The molecule has 0 saturated heterocycles. The number of rotatable bonds is 6. The zero-order chi connectivity index (χ0) is 14.7. The highest BCUT2D eigenvalue weighted by molar-refractivity contribution is 5.87. The minimum absolute atomic E-state index is 0.290. The minimum Gasteiger partial charge on any atom is -0.385 e. The summed E-state index contributed by atoms with van der Waals surface area (Å²) in [5.74, 6) is 2.00. The van der Waals surface area contributed by atoms with E-state index in [0.717, 1.165) is 47.9 Å². The fraction of sp³-hybridized carbons (Fsp3) is 0.643. The van der Waals surface area contributed by atoms with Gasteiger partial charge >= 0.3 is 0 Å². The van der Waals surface area contributed by atoms with E-state index in [1.165, 1.54) is 0 Å². The average molecular weight is 277 g/mol. The fourth-order valence-electron chi connectivity index (χ4n) is 2.16. The van der Waals surface area contributed by atoms with E-state index in [2.05, 4.69) is 34.2 Å². The molecule has 0 unspecified atom stereocenters. The van der Waals surface area contributed by atoms with Gasteiger partial charge in [-0.1, -0.05) is 13.8 Å². The summed E-state index contributed by atoms with van der Waals surface area (Å²) in [5, 5.41) is 7.83. The number of nitrogens with zero attached hydrogens (tertiary/aromatic N) is 4. The highest BCUT2D eigenvalue weighted by Crippen LogP contribution is 2.24. The van der Waals surface area contributed by atoms with Gasteiger partial charge in [0.1, 0.15) is 16.9 Å². The van der Waals surface area contributed by atoms with Gasteiger partial charge in [-0.2, -0.15) is 5.10 Å². The van der Waals surface area contributed by atoms with E-state index < -0.39 is 0 Å². The predicted molar refractivity (Wildman–Crippen MR) is 80.1 cm³/mol. The van der Waals surface area contributed by atoms with Crippen LogP contribution in [0.3, 0.4) is 0 Å². The van der Waals surface area contributed by atoms with Crippen LogP contribution < -0.4 is 5.32 Å². The molecule has 1 N–H and O–H groups in total. The molecule has 0 bridgehead atoms. The second-order valence-electron chi connectivity index (χ2n) is 5.26. The van der Waals surface area contributed by atoms with Crippen molar-refractivity contribution in [2.75, 3.05) is 25.6 Å². The van der Waals surface area contributed by atoms with Crippen molar-refractivity contribution in [1.82, 2.24) is 19.7 Å². The number of aryl methyl sites for hydroxylation is 2. The summed E-state index contributed by atoms with van der Waals surface area (Å²) in [6.07, 6.45) is 0.940. The van der Waals surface area contributed by atoms with E-state index in [1.807, 2.05) is 18.7 Å². The molecule has 0 aliphatic rings. The largest absolute Gasteiger partial charge is 0.385 e. The Morgan fingerprint density at radius 1 is 1.30 bits per heavy atom. The topological polar surface area (TPSA) is 64.9 Å². The molecule has 0 aliphatic heterocycles. The van der Waals surface area contributed by atoms with Gasteiger partial charge in [-0.3, -0.25) is 4.68 Å². The van der Waals surface area contributed by atoms with Crippen LogP contribution in [0.1, 0.15) is 37.7 Å². The van der Waals surface area contributed by atoms with Gasteiger partial charge in [-0.05, 0) is 13.3 Å². The molecule has 0 aliphatic carbocycles.